The van der Waals surface area contributed by atoms with Crippen LogP contribution < -0.4 is 5.32 Å². The van der Waals surface area contributed by atoms with Gasteiger partial charge in [0.15, 0.2) is 5.13 Å². The fourth-order valence-electron chi connectivity index (χ4n) is 3.03. The Kier molecular flexibility index (Phi) is 5.19. The van der Waals surface area contributed by atoms with Crippen LogP contribution in [0, 0.1) is 11.3 Å². The van der Waals surface area contributed by atoms with E-state index in [2.05, 4.69) is 49.4 Å². The largest absolute Gasteiger partial charge is 0.316 e. The van der Waals surface area contributed by atoms with Gasteiger partial charge in [0.2, 0.25) is 0 Å². The number of aromatic nitrogens is 3. The van der Waals surface area contributed by atoms with Gasteiger partial charge >= 0.3 is 0 Å². The molecule has 4 rings (SSSR count). The first-order valence-electron chi connectivity index (χ1n) is 8.69. The molecular formula is C20H18N6S. The third kappa shape index (κ3) is 4.37. The second kappa shape index (κ2) is 8.08. The Hall–Kier alpha value is -3.08. The summed E-state index contributed by atoms with van der Waals surface area (Å²) in [6.45, 7) is 2.74. The third-order valence-electron chi connectivity index (χ3n) is 4.41. The Bertz CT molecular complexity index is 972. The number of anilines is 2. The number of thiazole rings is 1. The van der Waals surface area contributed by atoms with E-state index in [4.69, 9.17) is 5.26 Å². The lowest BCUT2D eigenvalue weighted by molar-refractivity contribution is 0.294. The smallest absolute Gasteiger partial charge is 0.188 e. The minimum Gasteiger partial charge on any atom is -0.316 e. The highest BCUT2D eigenvalue weighted by molar-refractivity contribution is 7.13. The highest BCUT2D eigenvalue weighted by atomic mass is 32.1. The van der Waals surface area contributed by atoms with Gasteiger partial charge in [0.05, 0.1) is 11.3 Å². The van der Waals surface area contributed by atoms with Gasteiger partial charge in [-0.15, -0.1) is 11.3 Å². The minimum absolute atomic E-state index is 0.594. The van der Waals surface area contributed by atoms with Crippen LogP contribution in [0.5, 0.6) is 0 Å². The van der Waals surface area contributed by atoms with E-state index >= 15 is 0 Å². The Labute approximate surface area is 161 Å². The number of hydrogen-bond donors (Lipinski definition) is 1. The van der Waals surface area contributed by atoms with Gasteiger partial charge in [-0.3, -0.25) is 9.88 Å². The van der Waals surface area contributed by atoms with E-state index in [1.165, 1.54) is 11.1 Å². The molecule has 0 amide bonds. The average molecular weight is 374 g/mol. The minimum atomic E-state index is 0.594. The van der Waals surface area contributed by atoms with Crippen molar-refractivity contribution in [1.82, 2.24) is 19.9 Å². The molecule has 0 spiro atoms. The van der Waals surface area contributed by atoms with Crippen LogP contribution >= 0.6 is 11.3 Å². The molecule has 1 N–H and O–H groups in total. The lowest BCUT2D eigenvalue weighted by atomic mass is 10.0. The van der Waals surface area contributed by atoms with Crippen LogP contribution in [0.15, 0.2) is 54.3 Å². The maximum Gasteiger partial charge on any atom is 0.188 e. The first-order valence-corrected chi connectivity index (χ1v) is 9.57. The topological polar surface area (TPSA) is 77.7 Å². The van der Waals surface area contributed by atoms with E-state index in [1.54, 1.807) is 23.7 Å². The molecule has 3 aromatic rings. The van der Waals surface area contributed by atoms with Gasteiger partial charge in [0.25, 0.3) is 0 Å². The highest BCUT2D eigenvalue weighted by Gasteiger charge is 2.14. The van der Waals surface area contributed by atoms with Crippen molar-refractivity contribution in [3.63, 3.8) is 0 Å². The molecule has 0 bridgehead atoms. The number of hydrogen-bond acceptors (Lipinski definition) is 7. The van der Waals surface area contributed by atoms with E-state index in [0.717, 1.165) is 42.7 Å². The third-order valence-corrected chi connectivity index (χ3v) is 5.10. The maximum atomic E-state index is 8.88. The van der Waals surface area contributed by atoms with Gasteiger partial charge in [-0.1, -0.05) is 6.08 Å². The van der Waals surface area contributed by atoms with E-state index in [-0.39, 0.29) is 0 Å². The van der Waals surface area contributed by atoms with Crippen LogP contribution in [0.4, 0.5) is 10.9 Å². The Morgan fingerprint density at radius 1 is 1.19 bits per heavy atom. The van der Waals surface area contributed by atoms with Gasteiger partial charge in [0.1, 0.15) is 11.9 Å². The summed E-state index contributed by atoms with van der Waals surface area (Å²) in [5, 5.41) is 14.9. The normalized spacial score (nSPS) is 14.4. The second-order valence-corrected chi connectivity index (χ2v) is 7.16. The number of pyridine rings is 2. The van der Waals surface area contributed by atoms with Crippen molar-refractivity contribution >= 4 is 27.9 Å². The zero-order valence-electron chi connectivity index (χ0n) is 14.7. The van der Waals surface area contributed by atoms with Crippen molar-refractivity contribution in [2.45, 2.75) is 13.0 Å². The standard InChI is InChI=1S/C20H18N6S/c21-12-16-1-2-18(24-13-16)17-4-8-26(9-5-17)14-15-3-6-22-19(11-15)25-20-23-7-10-27-20/h1-4,6-7,10-11,13H,5,8-9,14H2,(H,22,23,25). The van der Waals surface area contributed by atoms with Crippen molar-refractivity contribution < 1.29 is 0 Å². The molecule has 0 atom stereocenters. The van der Waals surface area contributed by atoms with E-state index < -0.39 is 0 Å². The number of nitrogens with one attached hydrogen (secondary N) is 1. The first-order chi connectivity index (χ1) is 13.3. The molecule has 0 aromatic carbocycles. The average Bonchev–Trinajstić information content (AvgIpc) is 3.22. The fraction of sp³-hybridized carbons (Fsp3) is 0.200. The lowest BCUT2D eigenvalue weighted by Gasteiger charge is -2.26. The van der Waals surface area contributed by atoms with Crippen molar-refractivity contribution in [3.8, 4) is 6.07 Å². The molecule has 0 fully saturated rings. The number of nitrogens with zero attached hydrogens (tertiary/aromatic N) is 5. The molecule has 134 valence electrons. The summed E-state index contributed by atoms with van der Waals surface area (Å²) >= 11 is 1.56. The summed E-state index contributed by atoms with van der Waals surface area (Å²) in [6, 6.07) is 9.98. The summed E-state index contributed by atoms with van der Waals surface area (Å²) in [7, 11) is 0. The molecule has 0 saturated carbocycles. The van der Waals surface area contributed by atoms with Crippen LogP contribution in [0.1, 0.15) is 23.2 Å². The van der Waals surface area contributed by atoms with Crippen molar-refractivity contribution in [3.05, 3.63) is 71.1 Å². The summed E-state index contributed by atoms with van der Waals surface area (Å²) < 4.78 is 0. The summed E-state index contributed by atoms with van der Waals surface area (Å²) in [4.78, 5) is 15.4. The molecule has 6 nitrogen and oxygen atoms in total. The predicted molar refractivity (Wildman–Crippen MR) is 106 cm³/mol. The van der Waals surface area contributed by atoms with Gasteiger partial charge < -0.3 is 5.32 Å². The monoisotopic (exact) mass is 374 g/mol. The van der Waals surface area contributed by atoms with Gasteiger partial charge in [0, 0.05) is 43.6 Å². The lowest BCUT2D eigenvalue weighted by Crippen LogP contribution is -2.28. The molecule has 27 heavy (non-hydrogen) atoms. The second-order valence-electron chi connectivity index (χ2n) is 6.27. The van der Waals surface area contributed by atoms with Crippen molar-refractivity contribution in [2.24, 2.45) is 0 Å². The van der Waals surface area contributed by atoms with Gasteiger partial charge in [-0.2, -0.15) is 5.26 Å². The van der Waals surface area contributed by atoms with Crippen LogP contribution in [0.2, 0.25) is 0 Å². The van der Waals surface area contributed by atoms with Crippen LogP contribution in [0.3, 0.4) is 0 Å². The zero-order chi connectivity index (χ0) is 18.5. The highest BCUT2D eigenvalue weighted by Crippen LogP contribution is 2.23. The van der Waals surface area contributed by atoms with Gasteiger partial charge in [-0.25, -0.2) is 9.97 Å². The molecule has 0 unspecified atom stereocenters. The van der Waals surface area contributed by atoms with E-state index in [9.17, 15) is 0 Å². The van der Waals surface area contributed by atoms with Crippen LogP contribution in [-0.2, 0) is 6.54 Å². The molecule has 0 aliphatic carbocycles. The quantitative estimate of drug-likeness (QED) is 0.731. The molecule has 1 aliphatic heterocycles. The zero-order valence-corrected chi connectivity index (χ0v) is 15.5. The number of rotatable bonds is 5. The van der Waals surface area contributed by atoms with Crippen molar-refractivity contribution in [2.75, 3.05) is 18.4 Å². The molecule has 4 heterocycles. The summed E-state index contributed by atoms with van der Waals surface area (Å²) in [6.07, 6.45) is 8.42. The number of nitriles is 1. The molecule has 0 saturated heterocycles. The molecule has 3 aromatic heterocycles. The molecule has 1 aliphatic rings. The summed E-state index contributed by atoms with van der Waals surface area (Å²) in [5.74, 6) is 0.817. The van der Waals surface area contributed by atoms with Crippen molar-refractivity contribution in [1.29, 1.82) is 5.26 Å². The Morgan fingerprint density at radius 3 is 2.85 bits per heavy atom. The van der Waals surface area contributed by atoms with E-state index in [1.807, 2.05) is 23.7 Å². The molecule has 7 heteroatoms. The SMILES string of the molecule is N#Cc1ccc(C2=CCN(Cc3ccnc(Nc4nccs4)c3)CC2)nc1. The Balaban J connectivity index is 1.38. The molecule has 0 radical (unpaired) electrons. The summed E-state index contributed by atoms with van der Waals surface area (Å²) in [5.41, 5.74) is 4.03. The maximum absolute atomic E-state index is 8.88. The molecular weight excluding hydrogens is 356 g/mol. The van der Waals surface area contributed by atoms with Crippen LogP contribution in [0.25, 0.3) is 5.57 Å². The van der Waals surface area contributed by atoms with E-state index in [0.29, 0.717) is 5.56 Å². The first kappa shape index (κ1) is 17.3. The Morgan fingerprint density at radius 2 is 2.15 bits per heavy atom. The van der Waals surface area contributed by atoms with Crippen LogP contribution in [-0.4, -0.2) is 32.9 Å². The predicted octanol–water partition coefficient (Wildman–Crippen LogP) is 3.84. The fourth-order valence-corrected chi connectivity index (χ4v) is 3.57. The van der Waals surface area contributed by atoms with Gasteiger partial charge in [-0.05, 0) is 41.8 Å².